The average Bonchev–Trinajstić information content (AvgIpc) is 2.95. The second-order valence-corrected chi connectivity index (χ2v) is 11.3. The van der Waals surface area contributed by atoms with Gasteiger partial charge in [0.2, 0.25) is 0 Å². The third-order valence-electron chi connectivity index (χ3n) is 8.18. The zero-order valence-corrected chi connectivity index (χ0v) is 23.5. The van der Waals surface area contributed by atoms with Crippen LogP contribution in [-0.2, 0) is 6.42 Å². The maximum atomic E-state index is 9.89. The van der Waals surface area contributed by atoms with Crippen molar-refractivity contribution in [2.75, 3.05) is 6.61 Å². The fourth-order valence-corrected chi connectivity index (χ4v) is 5.54. The summed E-state index contributed by atoms with van der Waals surface area (Å²) < 4.78 is 6.14. The summed E-state index contributed by atoms with van der Waals surface area (Å²) in [5.41, 5.74) is 2.15. The number of rotatable bonds is 17. The minimum atomic E-state index is -0.0898. The summed E-state index contributed by atoms with van der Waals surface area (Å²) in [4.78, 5) is 9.19. The lowest BCUT2D eigenvalue weighted by atomic mass is 9.69. The first kappa shape index (κ1) is 29.2. The van der Waals surface area contributed by atoms with Crippen LogP contribution in [0.25, 0.3) is 11.4 Å². The largest absolute Gasteiger partial charge is 0.493 e. The van der Waals surface area contributed by atoms with Gasteiger partial charge in [0.1, 0.15) is 5.75 Å². The van der Waals surface area contributed by atoms with Crippen LogP contribution in [0.3, 0.4) is 0 Å². The van der Waals surface area contributed by atoms with E-state index in [4.69, 9.17) is 4.74 Å². The lowest BCUT2D eigenvalue weighted by Crippen LogP contribution is -2.28. The Labute approximate surface area is 226 Å². The summed E-state index contributed by atoms with van der Waals surface area (Å²) in [5, 5.41) is 9.89. The molecule has 4 heteroatoms. The molecule has 1 saturated carbocycles. The van der Waals surface area contributed by atoms with Crippen LogP contribution in [-0.4, -0.2) is 16.6 Å². The van der Waals surface area contributed by atoms with Crippen molar-refractivity contribution in [3.05, 3.63) is 42.2 Å². The molecule has 1 aromatic carbocycles. The van der Waals surface area contributed by atoms with Crippen molar-refractivity contribution < 1.29 is 4.74 Å². The molecule has 0 radical (unpaired) electrons. The smallest absolute Gasteiger partial charge is 0.159 e. The molecule has 1 aromatic heterocycles. The van der Waals surface area contributed by atoms with Gasteiger partial charge in [0.05, 0.1) is 18.1 Å². The van der Waals surface area contributed by atoms with Gasteiger partial charge in [-0.25, -0.2) is 9.97 Å². The average molecular weight is 504 g/mol. The normalized spacial score (nSPS) is 19.4. The van der Waals surface area contributed by atoms with E-state index in [1.807, 2.05) is 24.5 Å². The number of unbranched alkanes of at least 4 members (excludes halogenated alkanes) is 9. The zero-order valence-electron chi connectivity index (χ0n) is 23.5. The number of ether oxygens (including phenoxy) is 1. The highest BCUT2D eigenvalue weighted by atomic mass is 16.5. The van der Waals surface area contributed by atoms with E-state index in [1.54, 1.807) is 0 Å². The fraction of sp³-hybridized carbons (Fsp3) is 0.667. The fourth-order valence-electron chi connectivity index (χ4n) is 5.54. The molecule has 1 aliphatic rings. The first-order valence-electron chi connectivity index (χ1n) is 15.1. The Morgan fingerprint density at radius 2 is 1.43 bits per heavy atom. The summed E-state index contributed by atoms with van der Waals surface area (Å²) in [6, 6.07) is 10.9. The molecule has 202 valence electrons. The molecule has 1 aliphatic carbocycles. The zero-order chi connectivity index (χ0) is 26.2. The van der Waals surface area contributed by atoms with Gasteiger partial charge in [-0.1, -0.05) is 78.1 Å². The predicted molar refractivity (Wildman–Crippen MR) is 153 cm³/mol. The van der Waals surface area contributed by atoms with Gasteiger partial charge < -0.3 is 4.74 Å². The van der Waals surface area contributed by atoms with Crippen molar-refractivity contribution in [3.63, 3.8) is 0 Å². The number of benzene rings is 1. The first-order chi connectivity index (χ1) is 18.2. The van der Waals surface area contributed by atoms with Crippen LogP contribution >= 0.6 is 0 Å². The Hall–Kier alpha value is -2.41. The van der Waals surface area contributed by atoms with Gasteiger partial charge in [-0.3, -0.25) is 0 Å². The Morgan fingerprint density at radius 3 is 2.05 bits per heavy atom. The molecule has 0 aliphatic heterocycles. The number of aromatic nitrogens is 2. The van der Waals surface area contributed by atoms with Crippen molar-refractivity contribution in [1.29, 1.82) is 5.26 Å². The lowest BCUT2D eigenvalue weighted by molar-refractivity contribution is 0.144. The van der Waals surface area contributed by atoms with Gasteiger partial charge in [-0.05, 0) is 80.7 Å². The summed E-state index contributed by atoms with van der Waals surface area (Å²) in [5.74, 6) is 2.21. The topological polar surface area (TPSA) is 58.8 Å². The molecule has 0 atom stereocenters. The van der Waals surface area contributed by atoms with Crippen molar-refractivity contribution in [2.24, 2.45) is 11.3 Å². The molecule has 0 N–H and O–H groups in total. The molecule has 2 aromatic rings. The van der Waals surface area contributed by atoms with Gasteiger partial charge in [-0.2, -0.15) is 5.26 Å². The molecule has 0 bridgehead atoms. The first-order valence-corrected chi connectivity index (χ1v) is 15.1. The molecule has 3 rings (SSSR count). The summed E-state index contributed by atoms with van der Waals surface area (Å²) in [6.07, 6.45) is 24.5. The molecule has 1 heterocycles. The standard InChI is InChI=1S/C33H49N3O/c1-3-5-7-9-11-13-21-33(27-34)22-19-28(20-23-33)26-37-31-17-15-30(16-18-31)32-35-24-29(25-36-32)14-12-10-8-6-4-2/h15-18,24-25,28H,3-14,19-23,26H2,1-2H3. The van der Waals surface area contributed by atoms with Gasteiger partial charge in [0.15, 0.2) is 5.82 Å². The SMILES string of the molecule is CCCCCCCCC1(C#N)CCC(COc2ccc(-c3ncc(CCCCCCC)cn3)cc2)CC1. The third-order valence-corrected chi connectivity index (χ3v) is 8.18. The van der Waals surface area contributed by atoms with Crippen molar-refractivity contribution in [1.82, 2.24) is 9.97 Å². The molecule has 1 fully saturated rings. The molecular formula is C33H49N3O. The minimum Gasteiger partial charge on any atom is -0.493 e. The number of nitrogens with zero attached hydrogens (tertiary/aromatic N) is 3. The number of hydrogen-bond donors (Lipinski definition) is 0. The maximum absolute atomic E-state index is 9.89. The molecule has 0 amide bonds. The molecule has 37 heavy (non-hydrogen) atoms. The number of hydrogen-bond acceptors (Lipinski definition) is 4. The highest BCUT2D eigenvalue weighted by Gasteiger charge is 2.35. The van der Waals surface area contributed by atoms with Crippen molar-refractivity contribution in [2.45, 2.75) is 123 Å². The monoisotopic (exact) mass is 503 g/mol. The summed E-state index contributed by atoms with van der Waals surface area (Å²) >= 11 is 0. The Bertz CT molecular complexity index is 908. The second kappa shape index (κ2) is 16.4. The van der Waals surface area contributed by atoms with Crippen LogP contribution in [0.2, 0.25) is 0 Å². The highest BCUT2D eigenvalue weighted by molar-refractivity contribution is 5.55. The van der Waals surface area contributed by atoms with E-state index in [0.717, 1.165) is 62.3 Å². The minimum absolute atomic E-state index is 0.0898. The van der Waals surface area contributed by atoms with E-state index in [0.29, 0.717) is 5.92 Å². The van der Waals surface area contributed by atoms with E-state index in [1.165, 1.54) is 76.2 Å². The van der Waals surface area contributed by atoms with Crippen LogP contribution in [0, 0.1) is 22.7 Å². The van der Waals surface area contributed by atoms with E-state index in [9.17, 15) is 5.26 Å². The van der Waals surface area contributed by atoms with E-state index >= 15 is 0 Å². The van der Waals surface area contributed by atoms with E-state index < -0.39 is 0 Å². The van der Waals surface area contributed by atoms with Gasteiger partial charge >= 0.3 is 0 Å². The maximum Gasteiger partial charge on any atom is 0.159 e. The highest BCUT2D eigenvalue weighted by Crippen LogP contribution is 2.42. The Balaban J connectivity index is 1.37. The van der Waals surface area contributed by atoms with Crippen LogP contribution in [0.15, 0.2) is 36.7 Å². The van der Waals surface area contributed by atoms with Gasteiger partial charge in [-0.15, -0.1) is 0 Å². The predicted octanol–water partition coefficient (Wildman–Crippen LogP) is 9.49. The molecule has 0 saturated heterocycles. The second-order valence-electron chi connectivity index (χ2n) is 11.3. The van der Waals surface area contributed by atoms with E-state index in [-0.39, 0.29) is 5.41 Å². The molecule has 4 nitrogen and oxygen atoms in total. The van der Waals surface area contributed by atoms with Gasteiger partial charge in [0, 0.05) is 18.0 Å². The summed E-state index contributed by atoms with van der Waals surface area (Å²) in [7, 11) is 0. The van der Waals surface area contributed by atoms with Crippen molar-refractivity contribution >= 4 is 0 Å². The Kier molecular flexibility index (Phi) is 12.9. The number of nitriles is 1. The Morgan fingerprint density at radius 1 is 0.838 bits per heavy atom. The molecule has 0 unspecified atom stereocenters. The van der Waals surface area contributed by atoms with Crippen LogP contribution in [0.1, 0.15) is 122 Å². The van der Waals surface area contributed by atoms with Crippen molar-refractivity contribution in [3.8, 4) is 23.2 Å². The number of aryl methyl sites for hydroxylation is 1. The van der Waals surface area contributed by atoms with E-state index in [2.05, 4.69) is 42.0 Å². The van der Waals surface area contributed by atoms with Crippen LogP contribution in [0.4, 0.5) is 0 Å². The molecular weight excluding hydrogens is 454 g/mol. The van der Waals surface area contributed by atoms with Gasteiger partial charge in [0.25, 0.3) is 0 Å². The van der Waals surface area contributed by atoms with Crippen LogP contribution in [0.5, 0.6) is 5.75 Å². The lowest BCUT2D eigenvalue weighted by Gasteiger charge is -2.35. The molecule has 0 spiro atoms. The quantitative estimate of drug-likeness (QED) is 0.202. The summed E-state index contributed by atoms with van der Waals surface area (Å²) in [6.45, 7) is 5.24. The third kappa shape index (κ3) is 10.1. The van der Waals surface area contributed by atoms with Crippen LogP contribution < -0.4 is 4.74 Å².